The van der Waals surface area contributed by atoms with Gasteiger partial charge < -0.3 is 5.32 Å². The van der Waals surface area contributed by atoms with E-state index in [1.54, 1.807) is 0 Å². The predicted molar refractivity (Wildman–Crippen MR) is 93.9 cm³/mol. The minimum Gasteiger partial charge on any atom is -0.309 e. The molecule has 0 radical (unpaired) electrons. The lowest BCUT2D eigenvalue weighted by Gasteiger charge is -2.20. The fourth-order valence-corrected chi connectivity index (χ4v) is 3.65. The lowest BCUT2D eigenvalue weighted by atomic mass is 9.86. The third-order valence-electron chi connectivity index (χ3n) is 5.13. The van der Waals surface area contributed by atoms with Crippen molar-refractivity contribution in [2.24, 2.45) is 13.0 Å². The summed E-state index contributed by atoms with van der Waals surface area (Å²) in [5.74, 6) is 1.32. The molecule has 2 aromatic rings. The van der Waals surface area contributed by atoms with Crippen LogP contribution in [-0.4, -0.2) is 25.9 Å². The number of aromatic amines is 1. The molecule has 6 nitrogen and oxygen atoms in total. The first-order valence-corrected chi connectivity index (χ1v) is 8.86. The van der Waals surface area contributed by atoms with E-state index in [0.29, 0.717) is 12.2 Å². The van der Waals surface area contributed by atoms with Crippen molar-refractivity contribution < 1.29 is 4.79 Å². The number of H-pyrrole nitrogens is 1. The van der Waals surface area contributed by atoms with Crippen molar-refractivity contribution in [3.05, 3.63) is 28.7 Å². The van der Waals surface area contributed by atoms with Gasteiger partial charge >= 0.3 is 0 Å². The number of rotatable bonds is 5. The number of hydrogen-bond donors (Lipinski definition) is 2. The van der Waals surface area contributed by atoms with E-state index in [-0.39, 0.29) is 5.91 Å². The Morgan fingerprint density at radius 3 is 2.75 bits per heavy atom. The number of carbonyl (C=O) groups is 1. The zero-order valence-electron chi connectivity index (χ0n) is 14.9. The van der Waals surface area contributed by atoms with Gasteiger partial charge in [-0.25, -0.2) is 0 Å². The molecule has 1 saturated carbocycles. The highest BCUT2D eigenvalue weighted by Gasteiger charge is 2.17. The number of amides is 1. The van der Waals surface area contributed by atoms with Gasteiger partial charge in [-0.05, 0) is 26.2 Å². The maximum Gasteiger partial charge on any atom is 0.230 e. The Hall–Kier alpha value is -2.11. The molecule has 1 amide bonds. The van der Waals surface area contributed by atoms with Crippen LogP contribution in [0.15, 0.2) is 6.07 Å². The molecule has 24 heavy (non-hydrogen) atoms. The molecule has 1 aliphatic rings. The summed E-state index contributed by atoms with van der Waals surface area (Å²) in [6, 6.07) is 1.97. The number of aryl methyl sites for hydroxylation is 2. The van der Waals surface area contributed by atoms with Gasteiger partial charge in [0.05, 0.1) is 12.1 Å². The van der Waals surface area contributed by atoms with Gasteiger partial charge in [-0.15, -0.1) is 0 Å². The highest BCUT2D eigenvalue weighted by molar-refractivity contribution is 5.91. The summed E-state index contributed by atoms with van der Waals surface area (Å²) in [5, 5.41) is 14.6. The molecule has 1 aliphatic carbocycles. The maximum atomic E-state index is 12.3. The SMILES string of the molecule is Cc1nn(C)c(C)c1CC(=O)Nc1cc(CC2CCCCC2)[nH]n1. The van der Waals surface area contributed by atoms with Crippen LogP contribution < -0.4 is 5.32 Å². The topological polar surface area (TPSA) is 75.6 Å². The first-order valence-electron chi connectivity index (χ1n) is 8.86. The molecule has 6 heteroatoms. The number of nitrogens with zero attached hydrogens (tertiary/aromatic N) is 3. The van der Waals surface area contributed by atoms with E-state index >= 15 is 0 Å². The first kappa shape index (κ1) is 16.7. The van der Waals surface area contributed by atoms with Crippen molar-refractivity contribution in [2.45, 2.75) is 58.8 Å². The van der Waals surface area contributed by atoms with Gasteiger partial charge in [0.1, 0.15) is 0 Å². The van der Waals surface area contributed by atoms with Crippen LogP contribution >= 0.6 is 0 Å². The summed E-state index contributed by atoms with van der Waals surface area (Å²) in [5.41, 5.74) is 4.05. The molecule has 0 unspecified atom stereocenters. The van der Waals surface area contributed by atoms with Crippen LogP contribution in [0.25, 0.3) is 0 Å². The molecule has 130 valence electrons. The van der Waals surface area contributed by atoms with E-state index in [2.05, 4.69) is 20.6 Å². The summed E-state index contributed by atoms with van der Waals surface area (Å²) in [4.78, 5) is 12.3. The third-order valence-corrected chi connectivity index (χ3v) is 5.13. The van der Waals surface area contributed by atoms with Gasteiger partial charge in [-0.2, -0.15) is 10.2 Å². The van der Waals surface area contributed by atoms with Gasteiger partial charge in [0.25, 0.3) is 0 Å². The second-order valence-corrected chi connectivity index (χ2v) is 6.98. The fraction of sp³-hybridized carbons (Fsp3) is 0.611. The third kappa shape index (κ3) is 3.86. The number of aromatic nitrogens is 4. The van der Waals surface area contributed by atoms with Crippen molar-refractivity contribution in [3.63, 3.8) is 0 Å². The van der Waals surface area contributed by atoms with Crippen LogP contribution in [0.5, 0.6) is 0 Å². The summed E-state index contributed by atoms with van der Waals surface area (Å²) >= 11 is 0. The standard InChI is InChI=1S/C18H27N5O/c1-12-16(13(2)23(3)22-12)11-18(24)19-17-10-15(20-21-17)9-14-7-5-4-6-8-14/h10,14H,4-9,11H2,1-3H3,(H2,19,20,21,24). The van der Waals surface area contributed by atoms with Crippen LogP contribution in [0.2, 0.25) is 0 Å². The highest BCUT2D eigenvalue weighted by atomic mass is 16.1. The molecule has 0 aliphatic heterocycles. The van der Waals surface area contributed by atoms with Crippen LogP contribution in [0.3, 0.4) is 0 Å². The van der Waals surface area contributed by atoms with Gasteiger partial charge in [-0.1, -0.05) is 32.1 Å². The number of nitrogens with one attached hydrogen (secondary N) is 2. The van der Waals surface area contributed by atoms with Crippen molar-refractivity contribution >= 4 is 11.7 Å². The molecule has 0 bridgehead atoms. The van der Waals surface area contributed by atoms with Crippen LogP contribution in [0.1, 0.15) is 54.7 Å². The Labute approximate surface area is 143 Å². The van der Waals surface area contributed by atoms with Gasteiger partial charge in [0.2, 0.25) is 5.91 Å². The summed E-state index contributed by atoms with van der Waals surface area (Å²) < 4.78 is 1.81. The molecule has 0 aromatic carbocycles. The van der Waals surface area contributed by atoms with Crippen molar-refractivity contribution in [3.8, 4) is 0 Å². The van der Waals surface area contributed by atoms with E-state index in [1.807, 2.05) is 31.6 Å². The first-order chi connectivity index (χ1) is 11.5. The lowest BCUT2D eigenvalue weighted by Crippen LogP contribution is -2.15. The molecular formula is C18H27N5O. The highest BCUT2D eigenvalue weighted by Crippen LogP contribution is 2.26. The average Bonchev–Trinajstić information content (AvgIpc) is 3.08. The van der Waals surface area contributed by atoms with Crippen molar-refractivity contribution in [1.29, 1.82) is 0 Å². The Bertz CT molecular complexity index is 709. The summed E-state index contributed by atoms with van der Waals surface area (Å²) in [6.45, 7) is 3.92. The molecule has 1 fully saturated rings. The largest absolute Gasteiger partial charge is 0.309 e. The molecule has 2 aromatic heterocycles. The fourth-order valence-electron chi connectivity index (χ4n) is 3.65. The molecule has 0 atom stereocenters. The van der Waals surface area contributed by atoms with E-state index in [9.17, 15) is 4.79 Å². The molecule has 3 rings (SSSR count). The van der Waals surface area contributed by atoms with Gasteiger partial charge in [0.15, 0.2) is 5.82 Å². The number of anilines is 1. The summed E-state index contributed by atoms with van der Waals surface area (Å²) in [7, 11) is 1.90. The second kappa shape index (κ2) is 7.20. The Kier molecular flexibility index (Phi) is 5.02. The predicted octanol–water partition coefficient (Wildman–Crippen LogP) is 3.06. The van der Waals surface area contributed by atoms with Crippen LogP contribution in [-0.2, 0) is 24.7 Å². The molecule has 2 N–H and O–H groups in total. The monoisotopic (exact) mass is 329 g/mol. The molecule has 0 spiro atoms. The Balaban J connectivity index is 1.56. The minimum atomic E-state index is -0.0510. The van der Waals surface area contributed by atoms with E-state index < -0.39 is 0 Å². The molecule has 2 heterocycles. The molecule has 0 saturated heterocycles. The summed E-state index contributed by atoms with van der Waals surface area (Å²) in [6.07, 6.45) is 8.02. The lowest BCUT2D eigenvalue weighted by molar-refractivity contribution is -0.115. The quantitative estimate of drug-likeness (QED) is 0.885. The van der Waals surface area contributed by atoms with Gasteiger partial charge in [-0.3, -0.25) is 14.6 Å². The Morgan fingerprint density at radius 2 is 2.08 bits per heavy atom. The van der Waals surface area contributed by atoms with Crippen molar-refractivity contribution in [1.82, 2.24) is 20.0 Å². The smallest absolute Gasteiger partial charge is 0.230 e. The van der Waals surface area contributed by atoms with Crippen LogP contribution in [0.4, 0.5) is 5.82 Å². The zero-order valence-corrected chi connectivity index (χ0v) is 14.9. The molecular weight excluding hydrogens is 302 g/mol. The van der Waals surface area contributed by atoms with E-state index in [1.165, 1.54) is 32.1 Å². The van der Waals surface area contributed by atoms with Gasteiger partial charge in [0, 0.05) is 30.1 Å². The average molecular weight is 329 g/mol. The van der Waals surface area contributed by atoms with Crippen molar-refractivity contribution in [2.75, 3.05) is 5.32 Å². The maximum absolute atomic E-state index is 12.3. The normalized spacial score (nSPS) is 15.6. The second-order valence-electron chi connectivity index (χ2n) is 6.98. The van der Waals surface area contributed by atoms with E-state index in [4.69, 9.17) is 0 Å². The Morgan fingerprint density at radius 1 is 1.33 bits per heavy atom. The number of hydrogen-bond acceptors (Lipinski definition) is 3. The minimum absolute atomic E-state index is 0.0510. The van der Waals surface area contributed by atoms with Crippen LogP contribution in [0, 0.1) is 19.8 Å². The number of carbonyl (C=O) groups excluding carboxylic acids is 1. The van der Waals surface area contributed by atoms with E-state index in [0.717, 1.165) is 35.0 Å². The zero-order chi connectivity index (χ0) is 17.1.